The Morgan fingerprint density at radius 1 is 0.917 bits per heavy atom. The van der Waals surface area contributed by atoms with Gasteiger partial charge >= 0.3 is 0 Å². The topological polar surface area (TPSA) is 30.7 Å². The van der Waals surface area contributed by atoms with Gasteiger partial charge in [0.25, 0.3) is 0 Å². The van der Waals surface area contributed by atoms with Gasteiger partial charge in [0.1, 0.15) is 0 Å². The van der Waals surface area contributed by atoms with E-state index in [4.69, 9.17) is 4.98 Å². The van der Waals surface area contributed by atoms with Crippen LogP contribution in [0.25, 0.3) is 27.8 Å². The van der Waals surface area contributed by atoms with Crippen molar-refractivity contribution in [3.05, 3.63) is 78.6 Å². The monoisotopic (exact) mass is 313 g/mol. The van der Waals surface area contributed by atoms with Gasteiger partial charge in [-0.3, -0.25) is 0 Å². The molecule has 3 heteroatoms. The quantitative estimate of drug-likeness (QED) is 0.528. The summed E-state index contributed by atoms with van der Waals surface area (Å²) in [4.78, 5) is 4.74. The molecule has 0 saturated carbocycles. The number of hydrogen-bond donors (Lipinski definition) is 0. The van der Waals surface area contributed by atoms with Gasteiger partial charge in [-0.1, -0.05) is 49.7 Å². The van der Waals surface area contributed by atoms with Crippen LogP contribution in [0.3, 0.4) is 0 Å². The maximum atomic E-state index is 4.74. The number of fused-ring (bicyclic) bond motifs is 1. The number of hydrogen-bond acceptors (Lipinski definition) is 2. The third-order valence-electron chi connectivity index (χ3n) is 4.22. The van der Waals surface area contributed by atoms with E-state index >= 15 is 0 Å². The maximum Gasteiger partial charge on any atom is 0.0741 e. The lowest BCUT2D eigenvalue weighted by Gasteiger charge is -2.03. The van der Waals surface area contributed by atoms with Crippen LogP contribution in [0.15, 0.2) is 73.1 Å². The molecule has 0 spiro atoms. The Labute approximate surface area is 141 Å². The minimum Gasteiger partial charge on any atom is -0.248 e. The first kappa shape index (κ1) is 14.6. The Kier molecular flexibility index (Phi) is 3.83. The fourth-order valence-electron chi connectivity index (χ4n) is 2.93. The van der Waals surface area contributed by atoms with Crippen molar-refractivity contribution in [1.29, 1.82) is 0 Å². The molecule has 4 rings (SSSR count). The molecule has 0 aliphatic carbocycles. The van der Waals surface area contributed by atoms with Crippen molar-refractivity contribution < 1.29 is 0 Å². The number of aryl methyl sites for hydroxylation is 1. The summed E-state index contributed by atoms with van der Waals surface area (Å²) in [5.74, 6) is 0. The minimum atomic E-state index is 0.947. The van der Waals surface area contributed by atoms with Crippen LogP contribution in [-0.4, -0.2) is 14.8 Å². The summed E-state index contributed by atoms with van der Waals surface area (Å²) in [6.45, 7) is 2.20. The van der Waals surface area contributed by atoms with E-state index in [9.17, 15) is 0 Å². The van der Waals surface area contributed by atoms with Crippen LogP contribution in [0.4, 0.5) is 0 Å². The number of benzene rings is 2. The molecule has 0 saturated heterocycles. The summed E-state index contributed by atoms with van der Waals surface area (Å²) in [7, 11) is 0. The third kappa shape index (κ3) is 2.81. The van der Waals surface area contributed by atoms with Crippen molar-refractivity contribution >= 4 is 10.9 Å². The zero-order chi connectivity index (χ0) is 16.4. The van der Waals surface area contributed by atoms with Gasteiger partial charge in [0.2, 0.25) is 0 Å². The molecule has 0 N–H and O–H groups in total. The average Bonchev–Trinajstić information content (AvgIpc) is 3.12. The number of pyridine rings is 1. The van der Waals surface area contributed by atoms with Crippen LogP contribution in [0.2, 0.25) is 0 Å². The Balaban J connectivity index is 1.65. The summed E-state index contributed by atoms with van der Waals surface area (Å²) in [5, 5.41) is 5.65. The molecule has 0 unspecified atom stereocenters. The fourth-order valence-corrected chi connectivity index (χ4v) is 2.93. The van der Waals surface area contributed by atoms with Crippen molar-refractivity contribution in [3.63, 3.8) is 0 Å². The van der Waals surface area contributed by atoms with Crippen LogP contribution in [0.1, 0.15) is 18.9 Å². The maximum absolute atomic E-state index is 4.74. The van der Waals surface area contributed by atoms with Gasteiger partial charge in [-0.15, -0.1) is 0 Å². The normalized spacial score (nSPS) is 11.0. The van der Waals surface area contributed by atoms with E-state index in [1.54, 1.807) is 0 Å². The predicted octanol–water partition coefficient (Wildman–Crippen LogP) is 5.04. The summed E-state index contributed by atoms with van der Waals surface area (Å²) in [6.07, 6.45) is 6.19. The Morgan fingerprint density at radius 3 is 2.58 bits per heavy atom. The molecule has 0 aliphatic rings. The second kappa shape index (κ2) is 6.28. The summed E-state index contributed by atoms with van der Waals surface area (Å²) >= 11 is 0. The Morgan fingerprint density at radius 2 is 1.75 bits per heavy atom. The molecule has 0 bridgehead atoms. The highest BCUT2D eigenvalue weighted by Gasteiger charge is 2.06. The van der Waals surface area contributed by atoms with Gasteiger partial charge < -0.3 is 0 Å². The van der Waals surface area contributed by atoms with Crippen molar-refractivity contribution in [1.82, 2.24) is 14.8 Å². The summed E-state index contributed by atoms with van der Waals surface area (Å²) < 4.78 is 1.90. The number of para-hydroxylation sites is 1. The van der Waals surface area contributed by atoms with Crippen molar-refractivity contribution in [3.8, 4) is 16.9 Å². The van der Waals surface area contributed by atoms with Crippen LogP contribution < -0.4 is 0 Å². The van der Waals surface area contributed by atoms with Crippen molar-refractivity contribution in [2.45, 2.75) is 19.8 Å². The van der Waals surface area contributed by atoms with E-state index in [1.165, 1.54) is 12.0 Å². The predicted molar refractivity (Wildman–Crippen MR) is 98.3 cm³/mol. The zero-order valence-electron chi connectivity index (χ0n) is 13.7. The molecule has 0 amide bonds. The largest absolute Gasteiger partial charge is 0.248 e. The smallest absolute Gasteiger partial charge is 0.0741 e. The number of rotatable bonds is 4. The molecular formula is C21H19N3. The van der Waals surface area contributed by atoms with Gasteiger partial charge in [0.05, 0.1) is 23.1 Å². The molecule has 118 valence electrons. The lowest BCUT2D eigenvalue weighted by Crippen LogP contribution is -1.94. The van der Waals surface area contributed by atoms with Crippen LogP contribution in [0, 0.1) is 0 Å². The van der Waals surface area contributed by atoms with Gasteiger partial charge in [0, 0.05) is 17.1 Å². The number of aromatic nitrogens is 3. The van der Waals surface area contributed by atoms with Crippen LogP contribution in [-0.2, 0) is 6.42 Å². The van der Waals surface area contributed by atoms with Gasteiger partial charge in [-0.2, -0.15) is 5.10 Å². The van der Waals surface area contributed by atoms with Crippen molar-refractivity contribution in [2.75, 3.05) is 0 Å². The molecular weight excluding hydrogens is 294 g/mol. The first-order valence-corrected chi connectivity index (χ1v) is 8.33. The third-order valence-corrected chi connectivity index (χ3v) is 4.22. The van der Waals surface area contributed by atoms with E-state index < -0.39 is 0 Å². The minimum absolute atomic E-state index is 0.947. The molecule has 3 nitrogen and oxygen atoms in total. The lowest BCUT2D eigenvalue weighted by atomic mass is 10.1. The van der Waals surface area contributed by atoms with Gasteiger partial charge in [-0.05, 0) is 36.2 Å². The Hall–Kier alpha value is -2.94. The van der Waals surface area contributed by atoms with E-state index in [2.05, 4.69) is 48.4 Å². The van der Waals surface area contributed by atoms with E-state index in [0.29, 0.717) is 0 Å². The SMILES string of the molecule is CCCc1ccc(-n2cc(-c3ccc4ccccc4n3)cn2)cc1. The molecule has 4 aromatic rings. The molecule has 2 aromatic heterocycles. The van der Waals surface area contributed by atoms with E-state index in [0.717, 1.165) is 34.3 Å². The highest BCUT2D eigenvalue weighted by Crippen LogP contribution is 2.21. The standard InChI is InChI=1S/C21H19N3/c1-2-5-16-8-11-19(12-9-16)24-15-18(14-22-24)21-13-10-17-6-3-4-7-20(17)23-21/h3-4,6-15H,2,5H2,1H3. The first-order valence-electron chi connectivity index (χ1n) is 8.33. The lowest BCUT2D eigenvalue weighted by molar-refractivity contribution is 0.874. The second-order valence-corrected chi connectivity index (χ2v) is 5.98. The van der Waals surface area contributed by atoms with Crippen molar-refractivity contribution in [2.24, 2.45) is 0 Å². The first-order chi connectivity index (χ1) is 11.8. The molecule has 0 fully saturated rings. The second-order valence-electron chi connectivity index (χ2n) is 5.98. The average molecular weight is 313 g/mol. The summed E-state index contributed by atoms with van der Waals surface area (Å²) in [5.41, 5.74) is 5.42. The molecule has 2 heterocycles. The van der Waals surface area contributed by atoms with Gasteiger partial charge in [0.15, 0.2) is 0 Å². The molecule has 0 atom stereocenters. The molecule has 0 aliphatic heterocycles. The Bertz CT molecular complexity index is 968. The zero-order valence-corrected chi connectivity index (χ0v) is 13.7. The highest BCUT2D eigenvalue weighted by molar-refractivity contribution is 5.81. The molecule has 24 heavy (non-hydrogen) atoms. The highest BCUT2D eigenvalue weighted by atomic mass is 15.3. The van der Waals surface area contributed by atoms with E-state index in [1.807, 2.05) is 41.3 Å². The van der Waals surface area contributed by atoms with Crippen LogP contribution in [0.5, 0.6) is 0 Å². The molecule has 0 radical (unpaired) electrons. The summed E-state index contributed by atoms with van der Waals surface area (Å²) in [6, 6.07) is 20.9. The van der Waals surface area contributed by atoms with Gasteiger partial charge in [-0.25, -0.2) is 9.67 Å². The fraction of sp³-hybridized carbons (Fsp3) is 0.143. The number of nitrogens with zero attached hydrogens (tertiary/aromatic N) is 3. The van der Waals surface area contributed by atoms with Crippen LogP contribution >= 0.6 is 0 Å². The molecule has 2 aromatic carbocycles. The van der Waals surface area contributed by atoms with E-state index in [-0.39, 0.29) is 0 Å².